The van der Waals surface area contributed by atoms with Crippen LogP contribution >= 0.6 is 0 Å². The van der Waals surface area contributed by atoms with Crippen molar-refractivity contribution in [2.45, 2.75) is 13.3 Å². The largest absolute Gasteiger partial charge is 0.506 e. The van der Waals surface area contributed by atoms with Gasteiger partial charge in [0.05, 0.1) is 12.1 Å². The lowest BCUT2D eigenvalue weighted by molar-refractivity contribution is 0.0774. The van der Waals surface area contributed by atoms with Crippen molar-refractivity contribution in [2.75, 3.05) is 13.1 Å². The number of phenolic OH excluding ortho intramolecular Hbond substituents is 1. The molecule has 0 unspecified atom stereocenters. The van der Waals surface area contributed by atoms with Crippen LogP contribution in [0.5, 0.6) is 5.75 Å². The van der Waals surface area contributed by atoms with Gasteiger partial charge in [-0.15, -0.1) is 6.42 Å². The minimum absolute atomic E-state index is 0.0197. The quantitative estimate of drug-likeness (QED) is 0.865. The summed E-state index contributed by atoms with van der Waals surface area (Å²) in [4.78, 5) is 14.0. The predicted molar refractivity (Wildman–Crippen MR) is 80.6 cm³/mol. The first-order valence-corrected chi connectivity index (χ1v) is 6.62. The van der Waals surface area contributed by atoms with E-state index in [1.807, 2.05) is 31.2 Å². The van der Waals surface area contributed by atoms with Crippen LogP contribution in [0, 0.1) is 12.3 Å². The molecule has 0 radical (unpaired) electrons. The van der Waals surface area contributed by atoms with Crippen molar-refractivity contribution in [3.05, 3.63) is 42.0 Å². The summed E-state index contributed by atoms with van der Waals surface area (Å²) in [5.74, 6) is 2.27. The predicted octanol–water partition coefficient (Wildman–Crippen LogP) is 3.03. The summed E-state index contributed by atoms with van der Waals surface area (Å²) in [7, 11) is 0. The van der Waals surface area contributed by atoms with Crippen LogP contribution in [0.4, 0.5) is 0 Å². The first-order valence-electron chi connectivity index (χ1n) is 6.62. The van der Waals surface area contributed by atoms with Crippen LogP contribution in [0.15, 0.2) is 36.4 Å². The molecule has 3 heteroatoms. The number of phenols is 1. The second kappa shape index (κ2) is 6.12. The van der Waals surface area contributed by atoms with Crippen LogP contribution in [0.2, 0.25) is 0 Å². The van der Waals surface area contributed by atoms with Gasteiger partial charge in [0, 0.05) is 11.9 Å². The molecule has 0 aliphatic heterocycles. The molecule has 0 saturated carbocycles. The Bertz CT molecular complexity index is 670. The maximum absolute atomic E-state index is 12.5. The number of hydrogen-bond acceptors (Lipinski definition) is 2. The molecule has 2 aromatic rings. The molecular formula is C17H17NO2. The molecule has 3 nitrogen and oxygen atoms in total. The van der Waals surface area contributed by atoms with Gasteiger partial charge in [-0.05, 0) is 17.9 Å². The number of fused-ring (bicyclic) bond motifs is 1. The van der Waals surface area contributed by atoms with Crippen LogP contribution in [0.25, 0.3) is 10.8 Å². The highest BCUT2D eigenvalue weighted by Crippen LogP contribution is 2.29. The van der Waals surface area contributed by atoms with Gasteiger partial charge in [-0.2, -0.15) is 0 Å². The number of amides is 1. The van der Waals surface area contributed by atoms with Gasteiger partial charge < -0.3 is 10.0 Å². The first-order chi connectivity index (χ1) is 9.69. The Labute approximate surface area is 118 Å². The minimum Gasteiger partial charge on any atom is -0.506 e. The molecule has 2 rings (SSSR count). The Hall–Kier alpha value is -2.47. The molecule has 102 valence electrons. The molecule has 0 saturated heterocycles. The topological polar surface area (TPSA) is 40.5 Å². The summed E-state index contributed by atoms with van der Waals surface area (Å²) in [5.41, 5.74) is 0.299. The molecule has 0 aliphatic carbocycles. The van der Waals surface area contributed by atoms with E-state index in [1.54, 1.807) is 17.0 Å². The molecule has 0 spiro atoms. The van der Waals surface area contributed by atoms with Crippen molar-refractivity contribution in [2.24, 2.45) is 0 Å². The first kappa shape index (κ1) is 14.0. The fraction of sp³-hybridized carbons (Fsp3) is 0.235. The van der Waals surface area contributed by atoms with Gasteiger partial charge in [-0.3, -0.25) is 4.79 Å². The van der Waals surface area contributed by atoms with Crippen molar-refractivity contribution in [1.82, 2.24) is 4.90 Å². The zero-order chi connectivity index (χ0) is 14.5. The third-order valence-corrected chi connectivity index (χ3v) is 3.19. The zero-order valence-electron chi connectivity index (χ0n) is 11.5. The molecule has 0 aromatic heterocycles. The molecule has 0 bridgehead atoms. The van der Waals surface area contributed by atoms with E-state index >= 15 is 0 Å². The number of carbonyl (C=O) groups is 1. The number of benzene rings is 2. The maximum atomic E-state index is 12.5. The molecular weight excluding hydrogens is 250 g/mol. The molecule has 1 N–H and O–H groups in total. The average Bonchev–Trinajstić information content (AvgIpc) is 2.47. The second-order valence-corrected chi connectivity index (χ2v) is 4.61. The Kier molecular flexibility index (Phi) is 4.27. The van der Waals surface area contributed by atoms with Crippen molar-refractivity contribution >= 4 is 16.7 Å². The van der Waals surface area contributed by atoms with Crippen LogP contribution in [-0.4, -0.2) is 29.0 Å². The van der Waals surface area contributed by atoms with Crippen LogP contribution < -0.4 is 0 Å². The fourth-order valence-corrected chi connectivity index (χ4v) is 2.23. The highest BCUT2D eigenvalue weighted by atomic mass is 16.3. The second-order valence-electron chi connectivity index (χ2n) is 4.61. The number of terminal acetylenes is 1. The Morgan fingerprint density at radius 1 is 1.30 bits per heavy atom. The highest BCUT2D eigenvalue weighted by Gasteiger charge is 2.19. The molecule has 1 amide bonds. The van der Waals surface area contributed by atoms with Crippen molar-refractivity contribution in [1.29, 1.82) is 0 Å². The smallest absolute Gasteiger partial charge is 0.258 e. The molecule has 2 aromatic carbocycles. The number of hydrogen-bond donors (Lipinski definition) is 1. The zero-order valence-corrected chi connectivity index (χ0v) is 11.5. The Morgan fingerprint density at radius 3 is 2.75 bits per heavy atom. The summed E-state index contributed by atoms with van der Waals surface area (Å²) in [6, 6.07) is 10.9. The lowest BCUT2D eigenvalue weighted by atomic mass is 10.0. The van der Waals surface area contributed by atoms with Crippen LogP contribution in [0.1, 0.15) is 23.7 Å². The Morgan fingerprint density at radius 2 is 2.05 bits per heavy atom. The number of rotatable bonds is 4. The van der Waals surface area contributed by atoms with Gasteiger partial charge in [0.2, 0.25) is 0 Å². The normalized spacial score (nSPS) is 10.2. The number of nitrogens with zero attached hydrogens (tertiary/aromatic N) is 1. The van der Waals surface area contributed by atoms with Crippen LogP contribution in [-0.2, 0) is 0 Å². The SMILES string of the molecule is C#CCN(CCC)C(=O)c1ccc2ccccc2c1O. The summed E-state index contributed by atoms with van der Waals surface area (Å²) < 4.78 is 0. The van der Waals surface area contributed by atoms with E-state index in [9.17, 15) is 9.90 Å². The molecule has 0 aliphatic rings. The summed E-state index contributed by atoms with van der Waals surface area (Å²) >= 11 is 0. The average molecular weight is 267 g/mol. The van der Waals surface area contributed by atoms with Crippen molar-refractivity contribution < 1.29 is 9.90 Å². The summed E-state index contributed by atoms with van der Waals surface area (Å²) in [6.45, 7) is 2.81. The molecule has 0 atom stereocenters. The van der Waals surface area contributed by atoms with E-state index < -0.39 is 0 Å². The van der Waals surface area contributed by atoms with Gasteiger partial charge in [0.15, 0.2) is 0 Å². The maximum Gasteiger partial charge on any atom is 0.258 e. The summed E-state index contributed by atoms with van der Waals surface area (Å²) in [5, 5.41) is 11.9. The van der Waals surface area contributed by atoms with Gasteiger partial charge in [-0.1, -0.05) is 43.2 Å². The standard InChI is InChI=1S/C17H17NO2/c1-3-11-18(12-4-2)17(20)15-10-9-13-7-5-6-8-14(13)16(15)19/h1,5-10,19H,4,11-12H2,2H3. The van der Waals surface area contributed by atoms with Gasteiger partial charge in [-0.25, -0.2) is 0 Å². The van der Waals surface area contributed by atoms with Gasteiger partial charge in [0.1, 0.15) is 5.75 Å². The molecule has 20 heavy (non-hydrogen) atoms. The van der Waals surface area contributed by atoms with E-state index in [2.05, 4.69) is 5.92 Å². The van der Waals surface area contributed by atoms with Crippen molar-refractivity contribution in [3.8, 4) is 18.1 Å². The van der Waals surface area contributed by atoms with E-state index in [0.29, 0.717) is 17.5 Å². The van der Waals surface area contributed by atoms with Crippen LogP contribution in [0.3, 0.4) is 0 Å². The van der Waals surface area contributed by atoms with Gasteiger partial charge in [0.25, 0.3) is 5.91 Å². The summed E-state index contributed by atoms with van der Waals surface area (Å²) in [6.07, 6.45) is 6.12. The third-order valence-electron chi connectivity index (χ3n) is 3.19. The van der Waals surface area contributed by atoms with E-state index in [0.717, 1.165) is 11.8 Å². The molecule has 0 heterocycles. The highest BCUT2D eigenvalue weighted by molar-refractivity contribution is 6.03. The van der Waals surface area contributed by atoms with E-state index in [4.69, 9.17) is 6.42 Å². The lowest BCUT2D eigenvalue weighted by Gasteiger charge is -2.20. The number of carbonyl (C=O) groups excluding carboxylic acids is 1. The molecule has 0 fully saturated rings. The fourth-order valence-electron chi connectivity index (χ4n) is 2.23. The van der Waals surface area contributed by atoms with E-state index in [-0.39, 0.29) is 18.2 Å². The van der Waals surface area contributed by atoms with Crippen molar-refractivity contribution in [3.63, 3.8) is 0 Å². The Balaban J connectivity index is 2.44. The van der Waals surface area contributed by atoms with Gasteiger partial charge >= 0.3 is 0 Å². The minimum atomic E-state index is -0.229. The number of aromatic hydroxyl groups is 1. The third kappa shape index (κ3) is 2.60. The van der Waals surface area contributed by atoms with E-state index in [1.165, 1.54) is 0 Å². The monoisotopic (exact) mass is 267 g/mol. The lowest BCUT2D eigenvalue weighted by Crippen LogP contribution is -2.32.